The van der Waals surface area contributed by atoms with Gasteiger partial charge < -0.3 is 9.80 Å². The van der Waals surface area contributed by atoms with E-state index in [4.69, 9.17) is 5.26 Å². The Balaban J connectivity index is 1.39. The quantitative estimate of drug-likeness (QED) is 0.544. The third-order valence-corrected chi connectivity index (χ3v) is 5.20. The van der Waals surface area contributed by atoms with Crippen LogP contribution in [-0.4, -0.2) is 54.0 Å². The zero-order valence-electron chi connectivity index (χ0n) is 15.7. The average Bonchev–Trinajstić information content (AvgIpc) is 2.72. The first kappa shape index (κ1) is 19.9. The molecule has 1 aliphatic heterocycles. The predicted molar refractivity (Wildman–Crippen MR) is 104 cm³/mol. The molecule has 3 rings (SSSR count). The maximum atomic E-state index is 13.7. The van der Waals surface area contributed by atoms with Gasteiger partial charge in [-0.05, 0) is 36.1 Å². The molecular formula is C21H23FN4O2. The van der Waals surface area contributed by atoms with Crippen molar-refractivity contribution in [3.63, 3.8) is 0 Å². The Morgan fingerprint density at radius 2 is 1.50 bits per heavy atom. The van der Waals surface area contributed by atoms with Gasteiger partial charge in [-0.1, -0.05) is 18.2 Å². The summed E-state index contributed by atoms with van der Waals surface area (Å²) in [7, 11) is 0. The molecule has 0 spiro atoms. The van der Waals surface area contributed by atoms with Crippen LogP contribution in [0.2, 0.25) is 0 Å². The van der Waals surface area contributed by atoms with Crippen LogP contribution in [0.5, 0.6) is 0 Å². The van der Waals surface area contributed by atoms with Crippen molar-refractivity contribution >= 4 is 5.69 Å². The fourth-order valence-corrected chi connectivity index (χ4v) is 3.40. The van der Waals surface area contributed by atoms with E-state index in [1.165, 1.54) is 6.07 Å². The largest absolute Gasteiger partial charge is 0.300 e. The predicted octanol–water partition coefficient (Wildman–Crippen LogP) is 3.01. The molecule has 146 valence electrons. The molecule has 0 bridgehead atoms. The minimum Gasteiger partial charge on any atom is -0.300 e. The van der Waals surface area contributed by atoms with E-state index in [2.05, 4.69) is 9.80 Å². The zero-order valence-corrected chi connectivity index (χ0v) is 15.7. The van der Waals surface area contributed by atoms with E-state index in [1.807, 2.05) is 24.3 Å². The fourth-order valence-electron chi connectivity index (χ4n) is 3.40. The van der Waals surface area contributed by atoms with Crippen molar-refractivity contribution < 1.29 is 9.31 Å². The normalized spacial score (nSPS) is 15.3. The molecule has 6 nitrogen and oxygen atoms in total. The van der Waals surface area contributed by atoms with E-state index in [0.29, 0.717) is 0 Å². The van der Waals surface area contributed by atoms with Gasteiger partial charge in [0.25, 0.3) is 5.69 Å². The Morgan fingerprint density at radius 1 is 0.964 bits per heavy atom. The Bertz CT molecular complexity index is 856. The monoisotopic (exact) mass is 382 g/mol. The molecule has 28 heavy (non-hydrogen) atoms. The van der Waals surface area contributed by atoms with E-state index < -0.39 is 5.82 Å². The second-order valence-corrected chi connectivity index (χ2v) is 7.03. The van der Waals surface area contributed by atoms with Crippen LogP contribution in [-0.2, 0) is 12.8 Å². The summed E-state index contributed by atoms with van der Waals surface area (Å²) in [5, 5.41) is 19.5. The third kappa shape index (κ3) is 5.35. The number of nitriles is 1. The molecule has 0 N–H and O–H groups in total. The molecule has 1 aliphatic rings. The van der Waals surface area contributed by atoms with Crippen LogP contribution in [0, 0.1) is 27.3 Å². The SMILES string of the molecule is N#Cc1ccc(CCN2CCN(CCc3ccc([N+](=O)[O-])cc3)CC2)cc1F. The number of rotatable bonds is 7. The molecule has 0 aliphatic carbocycles. The second-order valence-electron chi connectivity index (χ2n) is 7.03. The van der Waals surface area contributed by atoms with Gasteiger partial charge >= 0.3 is 0 Å². The summed E-state index contributed by atoms with van der Waals surface area (Å²) in [5.74, 6) is -0.448. The van der Waals surface area contributed by atoms with E-state index in [1.54, 1.807) is 18.2 Å². The van der Waals surface area contributed by atoms with Gasteiger partial charge in [-0.2, -0.15) is 5.26 Å². The van der Waals surface area contributed by atoms with Gasteiger partial charge in [0.05, 0.1) is 10.5 Å². The summed E-state index contributed by atoms with van der Waals surface area (Å²) < 4.78 is 13.7. The Labute approximate surface area is 163 Å². The maximum Gasteiger partial charge on any atom is 0.269 e. The van der Waals surface area contributed by atoms with Crippen molar-refractivity contribution in [2.45, 2.75) is 12.8 Å². The first-order valence-corrected chi connectivity index (χ1v) is 9.42. The van der Waals surface area contributed by atoms with Crippen LogP contribution in [0.1, 0.15) is 16.7 Å². The van der Waals surface area contributed by atoms with Crippen LogP contribution < -0.4 is 0 Å². The lowest BCUT2D eigenvalue weighted by Crippen LogP contribution is -2.47. The molecule has 1 fully saturated rings. The minimum absolute atomic E-state index is 0.0883. The number of non-ortho nitro benzene ring substituents is 1. The van der Waals surface area contributed by atoms with Crippen molar-refractivity contribution in [3.05, 3.63) is 75.1 Å². The summed E-state index contributed by atoms with van der Waals surface area (Å²) in [5.41, 5.74) is 2.23. The molecule has 0 radical (unpaired) electrons. The summed E-state index contributed by atoms with van der Waals surface area (Å²) >= 11 is 0. The summed E-state index contributed by atoms with van der Waals surface area (Å²) in [6.07, 6.45) is 1.65. The zero-order chi connectivity index (χ0) is 19.9. The van der Waals surface area contributed by atoms with E-state index in [0.717, 1.165) is 63.2 Å². The minimum atomic E-state index is -0.448. The van der Waals surface area contributed by atoms with Gasteiger partial charge in [-0.3, -0.25) is 10.1 Å². The van der Waals surface area contributed by atoms with Crippen molar-refractivity contribution in [3.8, 4) is 6.07 Å². The second kappa shape index (κ2) is 9.40. The highest BCUT2D eigenvalue weighted by Gasteiger charge is 2.16. The van der Waals surface area contributed by atoms with Gasteiger partial charge in [0, 0.05) is 51.4 Å². The summed E-state index contributed by atoms with van der Waals surface area (Å²) in [6, 6.07) is 13.4. The lowest BCUT2D eigenvalue weighted by Gasteiger charge is -2.34. The molecule has 0 atom stereocenters. The van der Waals surface area contributed by atoms with Crippen molar-refractivity contribution in [2.24, 2.45) is 0 Å². The lowest BCUT2D eigenvalue weighted by atomic mass is 10.1. The molecule has 1 saturated heterocycles. The number of hydrogen-bond acceptors (Lipinski definition) is 5. The first-order valence-electron chi connectivity index (χ1n) is 9.42. The molecule has 7 heteroatoms. The highest BCUT2D eigenvalue weighted by molar-refractivity contribution is 5.34. The van der Waals surface area contributed by atoms with Crippen LogP contribution in [0.3, 0.4) is 0 Å². The van der Waals surface area contributed by atoms with Crippen molar-refractivity contribution in [1.29, 1.82) is 5.26 Å². The lowest BCUT2D eigenvalue weighted by molar-refractivity contribution is -0.384. The van der Waals surface area contributed by atoms with Gasteiger partial charge in [0.15, 0.2) is 0 Å². The summed E-state index contributed by atoms with van der Waals surface area (Å²) in [4.78, 5) is 15.1. The molecule has 0 amide bonds. The molecular weight excluding hydrogens is 359 g/mol. The van der Waals surface area contributed by atoms with E-state index in [9.17, 15) is 14.5 Å². The van der Waals surface area contributed by atoms with Crippen molar-refractivity contribution in [1.82, 2.24) is 9.80 Å². The van der Waals surface area contributed by atoms with E-state index >= 15 is 0 Å². The Morgan fingerprint density at radius 3 is 2.00 bits per heavy atom. The highest BCUT2D eigenvalue weighted by atomic mass is 19.1. The van der Waals surface area contributed by atoms with Gasteiger partial charge in [-0.15, -0.1) is 0 Å². The molecule has 1 heterocycles. The number of benzene rings is 2. The topological polar surface area (TPSA) is 73.4 Å². The van der Waals surface area contributed by atoms with Gasteiger partial charge in [0.2, 0.25) is 0 Å². The number of halogens is 1. The maximum absolute atomic E-state index is 13.7. The molecule has 2 aromatic carbocycles. The summed E-state index contributed by atoms with van der Waals surface area (Å²) in [6.45, 7) is 5.72. The van der Waals surface area contributed by atoms with Crippen LogP contribution in [0.4, 0.5) is 10.1 Å². The van der Waals surface area contributed by atoms with Gasteiger partial charge in [-0.25, -0.2) is 4.39 Å². The number of nitro groups is 1. The Kier molecular flexibility index (Phi) is 6.69. The molecule has 0 unspecified atom stereocenters. The van der Waals surface area contributed by atoms with E-state index in [-0.39, 0.29) is 16.2 Å². The fraction of sp³-hybridized carbons (Fsp3) is 0.381. The molecule has 2 aromatic rings. The number of piperazine rings is 1. The molecule has 0 aromatic heterocycles. The highest BCUT2D eigenvalue weighted by Crippen LogP contribution is 2.14. The van der Waals surface area contributed by atoms with Crippen LogP contribution >= 0.6 is 0 Å². The number of hydrogen-bond donors (Lipinski definition) is 0. The van der Waals surface area contributed by atoms with Gasteiger partial charge in [0.1, 0.15) is 11.9 Å². The first-order chi connectivity index (χ1) is 13.5. The smallest absolute Gasteiger partial charge is 0.269 e. The standard InChI is InChI=1S/C21H23FN4O2/c22-21-15-18(1-4-19(21)16-23)8-10-25-13-11-24(12-14-25)9-7-17-2-5-20(6-3-17)26(27)28/h1-6,15H,7-14H2. The number of nitrogens with zero attached hydrogens (tertiary/aromatic N) is 4. The van der Waals surface area contributed by atoms with Crippen LogP contribution in [0.25, 0.3) is 0 Å². The third-order valence-electron chi connectivity index (χ3n) is 5.20. The van der Waals surface area contributed by atoms with Crippen LogP contribution in [0.15, 0.2) is 42.5 Å². The van der Waals surface area contributed by atoms with Crippen molar-refractivity contribution in [2.75, 3.05) is 39.3 Å². The average molecular weight is 382 g/mol. The number of nitro benzene ring substituents is 1. The Hall–Kier alpha value is -2.82. The molecule has 0 saturated carbocycles.